The van der Waals surface area contributed by atoms with Crippen molar-refractivity contribution in [3.05, 3.63) is 53.9 Å². The number of rotatable bonds is 5. The van der Waals surface area contributed by atoms with E-state index in [2.05, 4.69) is 14.9 Å². The molecule has 4 N–H and O–H groups in total. The van der Waals surface area contributed by atoms with Crippen molar-refractivity contribution >= 4 is 48.4 Å². The quantitative estimate of drug-likeness (QED) is 0.563. The summed E-state index contributed by atoms with van der Waals surface area (Å²) in [5.74, 6) is 0. The van der Waals surface area contributed by atoms with Crippen LogP contribution in [0.15, 0.2) is 58.8 Å². The smallest absolute Gasteiger partial charge is 0.245 e. The highest BCUT2D eigenvalue weighted by molar-refractivity contribution is 8.15. The lowest BCUT2D eigenvalue weighted by Crippen LogP contribution is -2.23. The van der Waals surface area contributed by atoms with Gasteiger partial charge in [0.25, 0.3) is 0 Å². The van der Waals surface area contributed by atoms with Crippen molar-refractivity contribution in [1.82, 2.24) is 10.2 Å². The van der Waals surface area contributed by atoms with Crippen LogP contribution in [-0.4, -0.2) is 31.6 Å². The number of allylic oxidation sites excluding steroid dienone is 1. The van der Waals surface area contributed by atoms with Gasteiger partial charge in [0.05, 0.1) is 10.4 Å². The monoisotopic (exact) mass is 436 g/mol. The lowest BCUT2D eigenvalue weighted by molar-refractivity contribution is 0.596. The Labute approximate surface area is 166 Å². The average molecular weight is 437 g/mol. The molecule has 0 spiro atoms. The molecule has 0 bridgehead atoms. The zero-order chi connectivity index (χ0) is 19.9. The van der Waals surface area contributed by atoms with E-state index < -0.39 is 24.6 Å². The number of primary sulfonamides is 1. The second-order valence-electron chi connectivity index (χ2n) is 6.23. The minimum absolute atomic E-state index is 0.0243. The Morgan fingerprint density at radius 2 is 1.96 bits per heavy atom. The number of thioether (sulfide) groups is 1. The number of aromatic amines is 1. The van der Waals surface area contributed by atoms with Crippen LogP contribution in [0.25, 0.3) is 22.2 Å². The van der Waals surface area contributed by atoms with Gasteiger partial charge in [0.15, 0.2) is 0 Å². The summed E-state index contributed by atoms with van der Waals surface area (Å²) < 4.78 is 50.3. The van der Waals surface area contributed by atoms with Gasteiger partial charge in [-0.25, -0.2) is 22.0 Å². The zero-order valence-electron chi connectivity index (χ0n) is 14.4. The minimum atomic E-state index is -3.85. The molecule has 0 saturated carbocycles. The number of hydrogen-bond donors (Lipinski definition) is 3. The summed E-state index contributed by atoms with van der Waals surface area (Å²) in [5, 5.41) is 14.8. The number of nitrogens with one attached hydrogen (secondary N) is 2. The number of nitrogens with zero attached hydrogens (tertiary/aromatic N) is 1. The number of fused-ring (bicyclic) bond motifs is 1. The van der Waals surface area contributed by atoms with Crippen LogP contribution in [0.3, 0.4) is 0 Å². The molecule has 28 heavy (non-hydrogen) atoms. The summed E-state index contributed by atoms with van der Waals surface area (Å²) in [6, 6.07) is 11.2. The first-order valence-electron chi connectivity index (χ1n) is 8.17. The molecule has 1 aromatic heterocycles. The van der Waals surface area contributed by atoms with Crippen molar-refractivity contribution in [2.24, 2.45) is 5.14 Å². The first-order valence-corrected chi connectivity index (χ1v) is 12.2. The van der Waals surface area contributed by atoms with Gasteiger partial charge in [-0.3, -0.25) is 9.82 Å². The lowest BCUT2D eigenvalue weighted by Gasteiger charge is -2.13. The van der Waals surface area contributed by atoms with Crippen LogP contribution in [0.4, 0.5) is 5.69 Å². The Bertz CT molecular complexity index is 1290. The van der Waals surface area contributed by atoms with Gasteiger partial charge in [0.2, 0.25) is 20.0 Å². The summed E-state index contributed by atoms with van der Waals surface area (Å²) in [5.41, 5.74) is 2.15. The maximum absolute atomic E-state index is 12.5. The van der Waals surface area contributed by atoms with Crippen LogP contribution in [0, 0.1) is 0 Å². The minimum Gasteiger partial charge on any atom is -0.283 e. The molecule has 0 amide bonds. The Balaban J connectivity index is 1.73. The highest BCUT2D eigenvalue weighted by Gasteiger charge is 2.27. The Morgan fingerprint density at radius 3 is 2.68 bits per heavy atom. The highest BCUT2D eigenvalue weighted by atomic mass is 32.3. The molecule has 2 aromatic carbocycles. The van der Waals surface area contributed by atoms with Crippen LogP contribution >= 0.6 is 11.8 Å². The number of H-pyrrole nitrogens is 1. The van der Waals surface area contributed by atoms with E-state index in [4.69, 9.17) is 5.14 Å². The molecule has 1 atom stereocenters. The van der Waals surface area contributed by atoms with E-state index in [-0.39, 0.29) is 4.90 Å². The van der Waals surface area contributed by atoms with Crippen LogP contribution in [0.1, 0.15) is 6.42 Å². The van der Waals surface area contributed by atoms with E-state index in [1.54, 1.807) is 35.7 Å². The van der Waals surface area contributed by atoms with Gasteiger partial charge in [-0.1, -0.05) is 18.2 Å². The topological polar surface area (TPSA) is 135 Å². The second kappa shape index (κ2) is 6.92. The Morgan fingerprint density at radius 1 is 1.14 bits per heavy atom. The zero-order valence-corrected chi connectivity index (χ0v) is 16.8. The number of sulfonamides is 2. The first-order chi connectivity index (χ1) is 13.2. The first kappa shape index (κ1) is 19.0. The van der Waals surface area contributed by atoms with E-state index in [0.717, 1.165) is 0 Å². The standard InChI is InChI=1S/C17H16N4O4S3/c18-27(22,23)13-4-1-3-11(9-13)17-14-10-12(6-7-15(14)19-20-17)21-28(24,25)16-5-2-8-26-16/h1-4,6-10,16,21H,5H2,(H,19,20)(H2,18,22,23). The fraction of sp³-hybridized carbons (Fsp3) is 0.118. The van der Waals surface area contributed by atoms with E-state index in [9.17, 15) is 16.8 Å². The van der Waals surface area contributed by atoms with Crippen molar-refractivity contribution in [1.29, 1.82) is 0 Å². The molecule has 0 saturated heterocycles. The van der Waals surface area contributed by atoms with Crippen molar-refractivity contribution in [3.8, 4) is 11.3 Å². The third-order valence-electron chi connectivity index (χ3n) is 4.26. The maximum atomic E-state index is 12.5. The maximum Gasteiger partial charge on any atom is 0.245 e. The second-order valence-corrected chi connectivity index (χ2v) is 11.1. The van der Waals surface area contributed by atoms with Gasteiger partial charge in [-0.2, -0.15) is 5.10 Å². The molecule has 11 heteroatoms. The predicted molar refractivity (Wildman–Crippen MR) is 111 cm³/mol. The number of hydrogen-bond acceptors (Lipinski definition) is 6. The molecular weight excluding hydrogens is 420 g/mol. The van der Waals surface area contributed by atoms with Gasteiger partial charge in [0, 0.05) is 16.6 Å². The molecule has 3 aromatic rings. The number of benzene rings is 2. The van der Waals surface area contributed by atoms with E-state index in [1.165, 1.54) is 23.9 Å². The van der Waals surface area contributed by atoms with Gasteiger partial charge in [-0.15, -0.1) is 11.8 Å². The normalized spacial score (nSPS) is 17.2. The highest BCUT2D eigenvalue weighted by Crippen LogP contribution is 2.32. The molecule has 1 aliphatic heterocycles. The molecule has 8 nitrogen and oxygen atoms in total. The molecular formula is C17H16N4O4S3. The Kier molecular flexibility index (Phi) is 4.70. The van der Waals surface area contributed by atoms with Gasteiger partial charge in [-0.05, 0) is 42.2 Å². The summed E-state index contributed by atoms with van der Waals surface area (Å²) in [6.45, 7) is 0. The van der Waals surface area contributed by atoms with Crippen molar-refractivity contribution < 1.29 is 16.8 Å². The Hall–Kier alpha value is -2.34. The lowest BCUT2D eigenvalue weighted by atomic mass is 10.1. The summed E-state index contributed by atoms with van der Waals surface area (Å²) in [4.78, 5) is -0.0243. The van der Waals surface area contributed by atoms with Crippen molar-refractivity contribution in [2.45, 2.75) is 15.9 Å². The van der Waals surface area contributed by atoms with Crippen molar-refractivity contribution in [2.75, 3.05) is 4.72 Å². The van der Waals surface area contributed by atoms with Gasteiger partial charge in [0.1, 0.15) is 10.3 Å². The number of nitrogens with two attached hydrogens (primary N) is 1. The van der Waals surface area contributed by atoms with E-state index >= 15 is 0 Å². The molecule has 2 heterocycles. The molecule has 0 fully saturated rings. The van der Waals surface area contributed by atoms with E-state index in [0.29, 0.717) is 34.3 Å². The summed E-state index contributed by atoms with van der Waals surface area (Å²) in [6.07, 6.45) is 2.28. The van der Waals surface area contributed by atoms with Gasteiger partial charge < -0.3 is 0 Å². The largest absolute Gasteiger partial charge is 0.283 e. The molecule has 1 aliphatic rings. The van der Waals surface area contributed by atoms with Crippen LogP contribution in [0.5, 0.6) is 0 Å². The summed E-state index contributed by atoms with van der Waals surface area (Å²) >= 11 is 1.26. The van der Waals surface area contributed by atoms with E-state index in [1.807, 2.05) is 6.08 Å². The van der Waals surface area contributed by atoms with Crippen LogP contribution < -0.4 is 9.86 Å². The molecule has 0 radical (unpaired) electrons. The van der Waals surface area contributed by atoms with Crippen LogP contribution in [0.2, 0.25) is 0 Å². The SMILES string of the molecule is NS(=O)(=O)c1cccc(-c2n[nH]c3ccc(NS(=O)(=O)C4CC=CS4)cc23)c1. The number of anilines is 1. The molecule has 0 aliphatic carbocycles. The third-order valence-corrected chi connectivity index (χ3v) is 8.52. The third kappa shape index (κ3) is 3.65. The number of aromatic nitrogens is 2. The van der Waals surface area contributed by atoms with Crippen LogP contribution in [-0.2, 0) is 20.0 Å². The van der Waals surface area contributed by atoms with Gasteiger partial charge >= 0.3 is 0 Å². The average Bonchev–Trinajstić information content (AvgIpc) is 3.31. The fourth-order valence-electron chi connectivity index (χ4n) is 2.91. The molecule has 1 unspecified atom stereocenters. The predicted octanol–water partition coefficient (Wildman–Crippen LogP) is 2.60. The van der Waals surface area contributed by atoms with Crippen molar-refractivity contribution in [3.63, 3.8) is 0 Å². The molecule has 4 rings (SSSR count). The fourth-order valence-corrected chi connectivity index (χ4v) is 5.97. The summed E-state index contributed by atoms with van der Waals surface area (Å²) in [7, 11) is -7.39. The molecule has 146 valence electrons.